The van der Waals surface area contributed by atoms with Crippen molar-refractivity contribution in [3.63, 3.8) is 0 Å². The maximum atomic E-state index is 6.03. The Kier molecular flexibility index (Phi) is 5.83. The van der Waals surface area contributed by atoms with Crippen LogP contribution in [0, 0.1) is 0 Å². The molecule has 20 heavy (non-hydrogen) atoms. The van der Waals surface area contributed by atoms with Crippen molar-refractivity contribution >= 4 is 23.5 Å². The number of nitrogens with one attached hydrogen (secondary N) is 1. The molecule has 0 amide bonds. The maximum Gasteiger partial charge on any atom is 0.231 e. The van der Waals surface area contributed by atoms with Gasteiger partial charge in [-0.2, -0.15) is 15.0 Å². The SMILES string of the molecule is CCN(CC)c1nc(Cl)nc(NC2CCCCCC2)n1. The smallest absolute Gasteiger partial charge is 0.231 e. The predicted octanol–water partition coefficient (Wildman–Crippen LogP) is 3.51. The zero-order valence-electron chi connectivity index (χ0n) is 12.4. The first-order valence-corrected chi connectivity index (χ1v) is 8.03. The molecule has 1 N–H and O–H groups in total. The van der Waals surface area contributed by atoms with E-state index in [1.807, 2.05) is 0 Å². The lowest BCUT2D eigenvalue weighted by Crippen LogP contribution is -2.26. The molecule has 0 unspecified atom stereocenters. The fourth-order valence-electron chi connectivity index (χ4n) is 2.66. The minimum atomic E-state index is 0.262. The van der Waals surface area contributed by atoms with Crippen LogP contribution < -0.4 is 10.2 Å². The lowest BCUT2D eigenvalue weighted by molar-refractivity contribution is 0.614. The molecule has 0 aliphatic heterocycles. The first-order chi connectivity index (χ1) is 9.72. The van der Waals surface area contributed by atoms with Crippen LogP contribution >= 0.6 is 11.6 Å². The number of rotatable bonds is 5. The topological polar surface area (TPSA) is 53.9 Å². The van der Waals surface area contributed by atoms with Crippen LogP contribution in [0.4, 0.5) is 11.9 Å². The lowest BCUT2D eigenvalue weighted by Gasteiger charge is -2.20. The predicted molar refractivity (Wildman–Crippen MR) is 83.5 cm³/mol. The summed E-state index contributed by atoms with van der Waals surface area (Å²) < 4.78 is 0. The van der Waals surface area contributed by atoms with Gasteiger partial charge >= 0.3 is 0 Å². The zero-order chi connectivity index (χ0) is 14.4. The van der Waals surface area contributed by atoms with Gasteiger partial charge in [-0.15, -0.1) is 0 Å². The van der Waals surface area contributed by atoms with Crippen LogP contribution in [-0.2, 0) is 0 Å². The summed E-state index contributed by atoms with van der Waals surface area (Å²) in [5.74, 6) is 1.27. The van der Waals surface area contributed by atoms with Crippen molar-refractivity contribution in [3.05, 3.63) is 5.28 Å². The molecular weight excluding hydrogens is 274 g/mol. The molecule has 0 atom stereocenters. The van der Waals surface area contributed by atoms with Crippen LogP contribution in [0.3, 0.4) is 0 Å². The number of anilines is 2. The van der Waals surface area contributed by atoms with Crippen LogP contribution in [0.1, 0.15) is 52.4 Å². The summed E-state index contributed by atoms with van der Waals surface area (Å²) in [5.41, 5.74) is 0. The Morgan fingerprint density at radius 3 is 2.30 bits per heavy atom. The summed E-state index contributed by atoms with van der Waals surface area (Å²) >= 11 is 6.03. The summed E-state index contributed by atoms with van der Waals surface area (Å²) in [5, 5.41) is 3.69. The highest BCUT2D eigenvalue weighted by Gasteiger charge is 2.15. The molecule has 1 heterocycles. The first kappa shape index (κ1) is 15.3. The van der Waals surface area contributed by atoms with E-state index in [1.54, 1.807) is 0 Å². The van der Waals surface area contributed by atoms with E-state index in [1.165, 1.54) is 38.5 Å². The highest BCUT2D eigenvalue weighted by atomic mass is 35.5. The highest BCUT2D eigenvalue weighted by Crippen LogP contribution is 2.21. The van der Waals surface area contributed by atoms with E-state index in [0.717, 1.165) is 13.1 Å². The van der Waals surface area contributed by atoms with Gasteiger partial charge in [0.2, 0.25) is 17.2 Å². The normalized spacial score (nSPS) is 16.8. The molecule has 0 spiro atoms. The number of aromatic nitrogens is 3. The van der Waals surface area contributed by atoms with E-state index in [9.17, 15) is 0 Å². The second-order valence-electron chi connectivity index (χ2n) is 5.23. The van der Waals surface area contributed by atoms with Crippen molar-refractivity contribution in [1.29, 1.82) is 0 Å². The molecule has 1 fully saturated rings. The average Bonchev–Trinajstić information content (AvgIpc) is 2.68. The molecule has 0 saturated heterocycles. The van der Waals surface area contributed by atoms with E-state index < -0.39 is 0 Å². The van der Waals surface area contributed by atoms with E-state index in [4.69, 9.17) is 11.6 Å². The van der Waals surface area contributed by atoms with Crippen molar-refractivity contribution in [3.8, 4) is 0 Å². The molecular formula is C14H24ClN5. The molecule has 6 heteroatoms. The van der Waals surface area contributed by atoms with Gasteiger partial charge in [-0.3, -0.25) is 0 Å². The summed E-state index contributed by atoms with van der Waals surface area (Å²) in [6.45, 7) is 5.89. The van der Waals surface area contributed by atoms with Gasteiger partial charge in [0.1, 0.15) is 0 Å². The molecule has 1 saturated carbocycles. The Morgan fingerprint density at radius 2 is 1.70 bits per heavy atom. The average molecular weight is 298 g/mol. The van der Waals surface area contributed by atoms with Gasteiger partial charge in [0.15, 0.2) is 0 Å². The van der Waals surface area contributed by atoms with Gasteiger partial charge in [-0.05, 0) is 38.3 Å². The van der Waals surface area contributed by atoms with Crippen LogP contribution in [0.2, 0.25) is 5.28 Å². The Balaban J connectivity index is 2.10. The first-order valence-electron chi connectivity index (χ1n) is 7.66. The molecule has 1 aliphatic carbocycles. The standard InChI is InChI=1S/C14H24ClN5/c1-3-20(4-2)14-18-12(15)17-13(19-14)16-11-9-7-5-6-8-10-11/h11H,3-10H2,1-2H3,(H,16,17,18,19). The Hall–Kier alpha value is -1.10. The van der Waals surface area contributed by atoms with Crippen molar-refractivity contribution < 1.29 is 0 Å². The third-order valence-electron chi connectivity index (χ3n) is 3.83. The van der Waals surface area contributed by atoms with Crippen molar-refractivity contribution in [2.45, 2.75) is 58.4 Å². The maximum absolute atomic E-state index is 6.03. The van der Waals surface area contributed by atoms with E-state index in [-0.39, 0.29) is 5.28 Å². The number of halogens is 1. The van der Waals surface area contributed by atoms with Gasteiger partial charge in [-0.25, -0.2) is 0 Å². The molecule has 0 radical (unpaired) electrons. The summed E-state index contributed by atoms with van der Waals surface area (Å²) in [6, 6.07) is 0.459. The lowest BCUT2D eigenvalue weighted by atomic mass is 10.1. The third kappa shape index (κ3) is 4.20. The van der Waals surface area contributed by atoms with Gasteiger partial charge in [0.05, 0.1) is 0 Å². The Labute approximate surface area is 126 Å². The van der Waals surface area contributed by atoms with Gasteiger partial charge < -0.3 is 10.2 Å². The number of hydrogen-bond acceptors (Lipinski definition) is 5. The molecule has 112 valence electrons. The van der Waals surface area contributed by atoms with Crippen LogP contribution in [0.5, 0.6) is 0 Å². The van der Waals surface area contributed by atoms with Gasteiger partial charge in [0.25, 0.3) is 0 Å². The van der Waals surface area contributed by atoms with Gasteiger partial charge in [0, 0.05) is 19.1 Å². The van der Waals surface area contributed by atoms with Crippen LogP contribution in [0.15, 0.2) is 0 Å². The molecule has 5 nitrogen and oxygen atoms in total. The van der Waals surface area contributed by atoms with E-state index >= 15 is 0 Å². The molecule has 1 aromatic heterocycles. The zero-order valence-corrected chi connectivity index (χ0v) is 13.2. The minimum absolute atomic E-state index is 0.262. The number of nitrogens with zero attached hydrogens (tertiary/aromatic N) is 4. The highest BCUT2D eigenvalue weighted by molar-refractivity contribution is 6.28. The summed E-state index contributed by atoms with van der Waals surface area (Å²) in [6.07, 6.45) is 7.59. The molecule has 1 aliphatic rings. The van der Waals surface area contributed by atoms with Crippen molar-refractivity contribution in [2.75, 3.05) is 23.3 Å². The van der Waals surface area contributed by atoms with Crippen LogP contribution in [0.25, 0.3) is 0 Å². The Bertz CT molecular complexity index is 414. The third-order valence-corrected chi connectivity index (χ3v) is 4.00. The van der Waals surface area contributed by atoms with E-state index in [0.29, 0.717) is 17.9 Å². The van der Waals surface area contributed by atoms with Crippen molar-refractivity contribution in [2.24, 2.45) is 0 Å². The second kappa shape index (κ2) is 7.62. The fourth-order valence-corrected chi connectivity index (χ4v) is 2.81. The van der Waals surface area contributed by atoms with Gasteiger partial charge in [-0.1, -0.05) is 25.7 Å². The molecule has 0 bridgehead atoms. The fraction of sp³-hybridized carbons (Fsp3) is 0.786. The van der Waals surface area contributed by atoms with Crippen molar-refractivity contribution in [1.82, 2.24) is 15.0 Å². The number of hydrogen-bond donors (Lipinski definition) is 1. The monoisotopic (exact) mass is 297 g/mol. The quantitative estimate of drug-likeness (QED) is 0.843. The minimum Gasteiger partial charge on any atom is -0.351 e. The summed E-state index contributed by atoms with van der Waals surface area (Å²) in [4.78, 5) is 15.0. The van der Waals surface area contributed by atoms with Crippen LogP contribution in [-0.4, -0.2) is 34.1 Å². The summed E-state index contributed by atoms with van der Waals surface area (Å²) in [7, 11) is 0. The van der Waals surface area contributed by atoms with E-state index in [2.05, 4.69) is 39.0 Å². The molecule has 0 aromatic carbocycles. The molecule has 2 rings (SSSR count). The largest absolute Gasteiger partial charge is 0.351 e. The molecule has 1 aromatic rings. The second-order valence-corrected chi connectivity index (χ2v) is 5.57. The Morgan fingerprint density at radius 1 is 1.05 bits per heavy atom.